The molecule has 6 heteroatoms. The van der Waals surface area contributed by atoms with Crippen LogP contribution in [-0.2, 0) is 9.59 Å². The van der Waals surface area contributed by atoms with Gasteiger partial charge in [-0.3, -0.25) is 9.59 Å². The van der Waals surface area contributed by atoms with Gasteiger partial charge in [0.1, 0.15) is 17.3 Å². The summed E-state index contributed by atoms with van der Waals surface area (Å²) in [6, 6.07) is 3.24. The van der Waals surface area contributed by atoms with Crippen molar-refractivity contribution in [2.24, 2.45) is 5.92 Å². The molecule has 1 amide bonds. The summed E-state index contributed by atoms with van der Waals surface area (Å²) in [4.78, 5) is 23.1. The average molecular weight is 241 g/mol. The number of carbonyl (C=O) groups excluding carboxylic acids is 1. The summed E-state index contributed by atoms with van der Waals surface area (Å²) in [6.45, 7) is -0.202. The third-order valence-electron chi connectivity index (χ3n) is 2.68. The summed E-state index contributed by atoms with van der Waals surface area (Å²) in [5.74, 6) is -4.38. The summed E-state index contributed by atoms with van der Waals surface area (Å²) in [5, 5.41) is 8.77. The lowest BCUT2D eigenvalue weighted by Crippen LogP contribution is -2.27. The second kappa shape index (κ2) is 4.12. The predicted molar refractivity (Wildman–Crippen MR) is 54.5 cm³/mol. The van der Waals surface area contributed by atoms with Gasteiger partial charge in [-0.05, 0) is 12.1 Å². The van der Waals surface area contributed by atoms with Crippen LogP contribution in [-0.4, -0.2) is 23.5 Å². The Morgan fingerprint density at radius 1 is 1.35 bits per heavy atom. The highest BCUT2D eigenvalue weighted by atomic mass is 19.1. The van der Waals surface area contributed by atoms with E-state index >= 15 is 0 Å². The summed E-state index contributed by atoms with van der Waals surface area (Å²) < 4.78 is 26.8. The summed E-state index contributed by atoms with van der Waals surface area (Å²) in [6.07, 6.45) is -0.233. The molecular formula is C11H9F2NO3. The number of carboxylic acids is 1. The number of nitrogens with zero attached hydrogens (tertiary/aromatic N) is 1. The lowest BCUT2D eigenvalue weighted by Gasteiger charge is -2.17. The minimum absolute atomic E-state index is 0.202. The molecule has 1 fully saturated rings. The molecule has 0 radical (unpaired) electrons. The summed E-state index contributed by atoms with van der Waals surface area (Å²) in [7, 11) is 0. The van der Waals surface area contributed by atoms with Crippen LogP contribution < -0.4 is 4.90 Å². The molecule has 0 saturated carbocycles. The van der Waals surface area contributed by atoms with Gasteiger partial charge in [-0.2, -0.15) is 0 Å². The Morgan fingerprint density at radius 3 is 2.41 bits per heavy atom. The summed E-state index contributed by atoms with van der Waals surface area (Å²) in [5.41, 5.74) is -0.471. The van der Waals surface area contributed by atoms with Crippen molar-refractivity contribution in [3.63, 3.8) is 0 Å². The molecule has 1 N–H and O–H groups in total. The smallest absolute Gasteiger partial charge is 0.308 e. The maximum atomic E-state index is 13.4. The second-order valence-electron chi connectivity index (χ2n) is 3.81. The Hall–Kier alpha value is -1.98. The standard InChI is InChI=1S/C11H9F2NO3/c12-7-2-1-3-8(13)10(7)14-5-6(11(16)17)4-9(14)15/h1-3,6H,4-5H2,(H,16,17)/t6-/m0/s1. The van der Waals surface area contributed by atoms with Crippen molar-refractivity contribution in [1.82, 2.24) is 0 Å². The first kappa shape index (κ1) is 11.5. The van der Waals surface area contributed by atoms with E-state index in [1.165, 1.54) is 6.07 Å². The molecule has 0 bridgehead atoms. The molecule has 1 aliphatic rings. The summed E-state index contributed by atoms with van der Waals surface area (Å²) >= 11 is 0. The van der Waals surface area contributed by atoms with E-state index in [0.717, 1.165) is 17.0 Å². The van der Waals surface area contributed by atoms with Crippen LogP contribution in [0.15, 0.2) is 18.2 Å². The van der Waals surface area contributed by atoms with E-state index in [1.807, 2.05) is 0 Å². The van der Waals surface area contributed by atoms with Gasteiger partial charge >= 0.3 is 5.97 Å². The Labute approximate surface area is 95.5 Å². The number of anilines is 1. The van der Waals surface area contributed by atoms with Gasteiger partial charge in [-0.25, -0.2) is 8.78 Å². The van der Waals surface area contributed by atoms with E-state index < -0.39 is 35.1 Å². The fourth-order valence-electron chi connectivity index (χ4n) is 1.84. The lowest BCUT2D eigenvalue weighted by atomic mass is 10.1. The molecule has 1 aliphatic heterocycles. The predicted octanol–water partition coefficient (Wildman–Crippen LogP) is 1.40. The van der Waals surface area contributed by atoms with Crippen molar-refractivity contribution < 1.29 is 23.5 Å². The van der Waals surface area contributed by atoms with Gasteiger partial charge in [0.15, 0.2) is 0 Å². The number of hydrogen-bond donors (Lipinski definition) is 1. The van der Waals surface area contributed by atoms with Crippen molar-refractivity contribution in [3.05, 3.63) is 29.8 Å². The molecule has 0 unspecified atom stereocenters. The number of aliphatic carboxylic acids is 1. The van der Waals surface area contributed by atoms with Crippen LogP contribution in [0.2, 0.25) is 0 Å². The largest absolute Gasteiger partial charge is 0.481 e. The molecule has 0 spiro atoms. The number of carbonyl (C=O) groups is 2. The van der Waals surface area contributed by atoms with Crippen LogP contribution in [0.1, 0.15) is 6.42 Å². The van der Waals surface area contributed by atoms with Crippen LogP contribution in [0.5, 0.6) is 0 Å². The van der Waals surface area contributed by atoms with E-state index in [0.29, 0.717) is 0 Å². The Bertz CT molecular complexity index is 469. The normalized spacial score (nSPS) is 19.8. The Balaban J connectivity index is 2.35. The van der Waals surface area contributed by atoms with Gasteiger partial charge in [0.2, 0.25) is 5.91 Å². The van der Waals surface area contributed by atoms with Gasteiger partial charge in [0.25, 0.3) is 0 Å². The fourth-order valence-corrected chi connectivity index (χ4v) is 1.84. The number of amides is 1. The molecular weight excluding hydrogens is 232 g/mol. The molecule has 1 heterocycles. The number of halogens is 2. The molecule has 0 aromatic heterocycles. The molecule has 1 aromatic carbocycles. The van der Waals surface area contributed by atoms with Gasteiger partial charge in [0.05, 0.1) is 5.92 Å². The monoisotopic (exact) mass is 241 g/mol. The van der Waals surface area contributed by atoms with Gasteiger partial charge in [0, 0.05) is 13.0 Å². The third-order valence-corrected chi connectivity index (χ3v) is 2.68. The van der Waals surface area contributed by atoms with Crippen molar-refractivity contribution in [3.8, 4) is 0 Å². The first-order valence-electron chi connectivity index (χ1n) is 4.98. The van der Waals surface area contributed by atoms with E-state index in [9.17, 15) is 18.4 Å². The molecule has 2 rings (SSSR count). The number of rotatable bonds is 2. The molecule has 0 aliphatic carbocycles. The quantitative estimate of drug-likeness (QED) is 0.851. The highest BCUT2D eigenvalue weighted by Gasteiger charge is 2.37. The first-order valence-corrected chi connectivity index (χ1v) is 4.98. The average Bonchev–Trinajstić information content (AvgIpc) is 2.61. The van der Waals surface area contributed by atoms with Crippen molar-refractivity contribution >= 4 is 17.6 Å². The van der Waals surface area contributed by atoms with Gasteiger partial charge in [-0.15, -0.1) is 0 Å². The van der Waals surface area contributed by atoms with E-state index in [-0.39, 0.29) is 13.0 Å². The molecule has 1 aromatic rings. The van der Waals surface area contributed by atoms with Crippen LogP contribution in [0.25, 0.3) is 0 Å². The van der Waals surface area contributed by atoms with E-state index in [2.05, 4.69) is 0 Å². The zero-order valence-corrected chi connectivity index (χ0v) is 8.69. The van der Waals surface area contributed by atoms with Gasteiger partial charge in [-0.1, -0.05) is 6.07 Å². The van der Waals surface area contributed by atoms with E-state index in [4.69, 9.17) is 5.11 Å². The maximum absolute atomic E-state index is 13.4. The molecule has 4 nitrogen and oxygen atoms in total. The van der Waals surface area contributed by atoms with E-state index in [1.54, 1.807) is 0 Å². The van der Waals surface area contributed by atoms with Gasteiger partial charge < -0.3 is 10.0 Å². The van der Waals surface area contributed by atoms with Crippen LogP contribution in [0.4, 0.5) is 14.5 Å². The zero-order chi connectivity index (χ0) is 12.6. The highest BCUT2D eigenvalue weighted by Crippen LogP contribution is 2.29. The minimum Gasteiger partial charge on any atom is -0.481 e. The van der Waals surface area contributed by atoms with Crippen molar-refractivity contribution in [2.75, 3.05) is 11.4 Å². The first-order chi connectivity index (χ1) is 8.00. The third kappa shape index (κ3) is 1.98. The fraction of sp³-hybridized carbons (Fsp3) is 0.273. The van der Waals surface area contributed by atoms with Crippen molar-refractivity contribution in [2.45, 2.75) is 6.42 Å². The van der Waals surface area contributed by atoms with Crippen LogP contribution in [0, 0.1) is 17.6 Å². The number of para-hydroxylation sites is 1. The highest BCUT2D eigenvalue weighted by molar-refractivity contribution is 5.99. The minimum atomic E-state index is -1.14. The zero-order valence-electron chi connectivity index (χ0n) is 8.69. The number of hydrogen-bond acceptors (Lipinski definition) is 2. The molecule has 90 valence electrons. The maximum Gasteiger partial charge on any atom is 0.308 e. The Morgan fingerprint density at radius 2 is 1.94 bits per heavy atom. The number of benzene rings is 1. The van der Waals surface area contributed by atoms with Crippen molar-refractivity contribution in [1.29, 1.82) is 0 Å². The second-order valence-corrected chi connectivity index (χ2v) is 3.81. The lowest BCUT2D eigenvalue weighted by molar-refractivity contribution is -0.141. The molecule has 1 atom stereocenters. The Kier molecular flexibility index (Phi) is 2.79. The SMILES string of the molecule is O=C(O)[C@H]1CC(=O)N(c2c(F)cccc2F)C1. The van der Waals surface area contributed by atoms with Crippen LogP contribution >= 0.6 is 0 Å². The number of carboxylic acid groups (broad SMARTS) is 1. The topological polar surface area (TPSA) is 57.6 Å². The molecule has 1 saturated heterocycles. The molecule has 17 heavy (non-hydrogen) atoms. The van der Waals surface area contributed by atoms with Crippen LogP contribution in [0.3, 0.4) is 0 Å².